The van der Waals surface area contributed by atoms with E-state index in [0.717, 1.165) is 31.2 Å². The number of benzene rings is 1. The summed E-state index contributed by atoms with van der Waals surface area (Å²) in [5.41, 5.74) is -0.432. The maximum Gasteiger partial charge on any atom is 0.0860 e. The summed E-state index contributed by atoms with van der Waals surface area (Å²) in [7, 11) is 0. The van der Waals surface area contributed by atoms with Gasteiger partial charge < -0.3 is 5.11 Å². The molecule has 1 aliphatic carbocycles. The van der Waals surface area contributed by atoms with Gasteiger partial charge in [-0.15, -0.1) is 0 Å². The van der Waals surface area contributed by atoms with E-state index in [0.29, 0.717) is 6.42 Å². The van der Waals surface area contributed by atoms with Crippen molar-refractivity contribution in [3.8, 4) is 6.07 Å². The van der Waals surface area contributed by atoms with Gasteiger partial charge in [-0.3, -0.25) is 0 Å². The van der Waals surface area contributed by atoms with Gasteiger partial charge in [0.2, 0.25) is 0 Å². The monoisotopic (exact) mass is 257 g/mol. The number of nitrogens with zero attached hydrogens (tertiary/aromatic N) is 1. The number of nitriles is 1. The van der Waals surface area contributed by atoms with E-state index in [2.05, 4.69) is 6.07 Å². The molecule has 0 bridgehead atoms. The number of hydrogen-bond donors (Lipinski definition) is 1. The minimum atomic E-state index is -0.951. The van der Waals surface area contributed by atoms with Crippen LogP contribution in [0, 0.1) is 16.7 Å². The van der Waals surface area contributed by atoms with Crippen molar-refractivity contribution in [2.75, 3.05) is 0 Å². The largest absolute Gasteiger partial charge is 0.388 e. The first-order valence-electron chi connectivity index (χ1n) is 7.27. The molecule has 1 atom stereocenters. The minimum absolute atomic E-state index is 0.557. The summed E-state index contributed by atoms with van der Waals surface area (Å²) < 4.78 is 0. The van der Waals surface area contributed by atoms with E-state index in [9.17, 15) is 10.4 Å². The first kappa shape index (κ1) is 14.1. The van der Waals surface area contributed by atoms with Crippen molar-refractivity contribution < 1.29 is 5.11 Å². The van der Waals surface area contributed by atoms with Crippen molar-refractivity contribution >= 4 is 0 Å². The van der Waals surface area contributed by atoms with Gasteiger partial charge in [-0.2, -0.15) is 5.26 Å². The molecule has 2 heteroatoms. The number of rotatable bonds is 3. The summed E-state index contributed by atoms with van der Waals surface area (Å²) in [4.78, 5) is 0. The molecular formula is C17H23NO. The van der Waals surface area contributed by atoms with E-state index in [4.69, 9.17) is 0 Å². The van der Waals surface area contributed by atoms with Crippen molar-refractivity contribution in [3.05, 3.63) is 35.9 Å². The van der Waals surface area contributed by atoms with Gasteiger partial charge in [0.25, 0.3) is 0 Å². The highest BCUT2D eigenvalue weighted by atomic mass is 16.3. The lowest BCUT2D eigenvalue weighted by Crippen LogP contribution is -2.46. The maximum absolute atomic E-state index is 10.9. The van der Waals surface area contributed by atoms with Gasteiger partial charge in [-0.1, -0.05) is 56.0 Å². The summed E-state index contributed by atoms with van der Waals surface area (Å²) in [6.45, 7) is 1.84. The van der Waals surface area contributed by atoms with E-state index in [1.54, 1.807) is 0 Å². The molecule has 1 unspecified atom stereocenters. The van der Waals surface area contributed by atoms with Crippen LogP contribution in [0.1, 0.15) is 51.0 Å². The lowest BCUT2D eigenvalue weighted by atomic mass is 9.66. The second-order valence-corrected chi connectivity index (χ2v) is 6.04. The Bertz CT molecular complexity index is 436. The predicted molar refractivity (Wildman–Crippen MR) is 76.5 cm³/mol. The molecule has 0 spiro atoms. The second kappa shape index (κ2) is 5.75. The molecule has 0 aliphatic heterocycles. The molecule has 1 saturated carbocycles. The summed E-state index contributed by atoms with van der Waals surface area (Å²) in [5, 5.41) is 20.6. The molecule has 1 aliphatic rings. The first-order valence-corrected chi connectivity index (χ1v) is 7.27. The molecule has 0 radical (unpaired) electrons. The molecule has 1 N–H and O–H groups in total. The molecule has 2 nitrogen and oxygen atoms in total. The zero-order valence-corrected chi connectivity index (χ0v) is 11.7. The summed E-state index contributed by atoms with van der Waals surface area (Å²) in [6.07, 6.45) is 6.68. The molecule has 19 heavy (non-hydrogen) atoms. The molecule has 1 aromatic rings. The van der Waals surface area contributed by atoms with Crippen molar-refractivity contribution in [3.63, 3.8) is 0 Å². The van der Waals surface area contributed by atoms with Gasteiger partial charge in [-0.05, 0) is 25.3 Å². The average molecular weight is 257 g/mol. The van der Waals surface area contributed by atoms with Gasteiger partial charge in [-0.25, -0.2) is 0 Å². The van der Waals surface area contributed by atoms with Crippen LogP contribution in [0.4, 0.5) is 0 Å². The van der Waals surface area contributed by atoms with E-state index in [-0.39, 0.29) is 0 Å². The fourth-order valence-corrected chi connectivity index (χ4v) is 3.27. The van der Waals surface area contributed by atoms with Crippen LogP contribution in [0.5, 0.6) is 0 Å². The molecule has 2 rings (SSSR count). The van der Waals surface area contributed by atoms with Crippen LogP contribution in [-0.4, -0.2) is 10.7 Å². The Morgan fingerprint density at radius 1 is 1.16 bits per heavy atom. The van der Waals surface area contributed by atoms with Crippen LogP contribution in [0.2, 0.25) is 0 Å². The highest BCUT2D eigenvalue weighted by Gasteiger charge is 2.47. The summed E-state index contributed by atoms with van der Waals surface area (Å²) >= 11 is 0. The molecule has 0 saturated heterocycles. The normalized spacial score (nSPS) is 21.9. The van der Waals surface area contributed by atoms with Crippen molar-refractivity contribution in [1.82, 2.24) is 0 Å². The lowest BCUT2D eigenvalue weighted by Gasteiger charge is -2.40. The minimum Gasteiger partial charge on any atom is -0.388 e. The fourth-order valence-electron chi connectivity index (χ4n) is 3.27. The number of hydrogen-bond acceptors (Lipinski definition) is 2. The molecule has 0 heterocycles. The van der Waals surface area contributed by atoms with Gasteiger partial charge in [0, 0.05) is 6.42 Å². The van der Waals surface area contributed by atoms with Gasteiger partial charge >= 0.3 is 0 Å². The van der Waals surface area contributed by atoms with Gasteiger partial charge in [0.05, 0.1) is 17.1 Å². The van der Waals surface area contributed by atoms with Crippen LogP contribution in [0.25, 0.3) is 0 Å². The highest BCUT2D eigenvalue weighted by Crippen LogP contribution is 2.44. The third kappa shape index (κ3) is 2.98. The highest BCUT2D eigenvalue weighted by molar-refractivity contribution is 5.21. The molecule has 0 aromatic heterocycles. The van der Waals surface area contributed by atoms with E-state index in [1.807, 2.05) is 37.3 Å². The van der Waals surface area contributed by atoms with Gasteiger partial charge in [0.1, 0.15) is 0 Å². The zero-order valence-electron chi connectivity index (χ0n) is 11.7. The van der Waals surface area contributed by atoms with Crippen LogP contribution < -0.4 is 0 Å². The van der Waals surface area contributed by atoms with Gasteiger partial charge in [0.15, 0.2) is 0 Å². The predicted octanol–water partition coefficient (Wildman–Crippen LogP) is 3.84. The molecular weight excluding hydrogens is 234 g/mol. The Morgan fingerprint density at radius 3 is 2.26 bits per heavy atom. The fraction of sp³-hybridized carbons (Fsp3) is 0.588. The summed E-state index contributed by atoms with van der Waals surface area (Å²) in [5.74, 6) is 0. The molecule has 102 valence electrons. The van der Waals surface area contributed by atoms with E-state index >= 15 is 0 Å². The third-order valence-electron chi connectivity index (χ3n) is 4.59. The smallest absolute Gasteiger partial charge is 0.0860 e. The maximum atomic E-state index is 10.9. The van der Waals surface area contributed by atoms with E-state index < -0.39 is 11.0 Å². The first-order chi connectivity index (χ1) is 9.10. The Hall–Kier alpha value is -1.33. The molecule has 1 fully saturated rings. The average Bonchev–Trinajstić information content (AvgIpc) is 2.66. The Balaban J connectivity index is 2.22. The Morgan fingerprint density at radius 2 is 1.74 bits per heavy atom. The standard InChI is InChI=1S/C17H23NO/c1-16(19,13-15-9-5-4-6-10-15)17(14-18)11-7-2-3-8-12-17/h4-6,9-10,19H,2-3,7-8,11-13H2,1H3. The van der Waals surface area contributed by atoms with Crippen molar-refractivity contribution in [2.24, 2.45) is 5.41 Å². The van der Waals surface area contributed by atoms with Crippen LogP contribution in [0.15, 0.2) is 30.3 Å². The molecule has 0 amide bonds. The zero-order chi connectivity index (χ0) is 13.8. The lowest BCUT2D eigenvalue weighted by molar-refractivity contribution is -0.0469. The number of aliphatic hydroxyl groups is 1. The quantitative estimate of drug-likeness (QED) is 0.836. The van der Waals surface area contributed by atoms with Crippen LogP contribution >= 0.6 is 0 Å². The van der Waals surface area contributed by atoms with Crippen molar-refractivity contribution in [1.29, 1.82) is 5.26 Å². The van der Waals surface area contributed by atoms with E-state index in [1.165, 1.54) is 12.8 Å². The van der Waals surface area contributed by atoms with Crippen LogP contribution in [-0.2, 0) is 6.42 Å². The Labute approximate surface area is 116 Å². The van der Waals surface area contributed by atoms with Crippen LogP contribution in [0.3, 0.4) is 0 Å². The third-order valence-corrected chi connectivity index (χ3v) is 4.59. The second-order valence-electron chi connectivity index (χ2n) is 6.04. The molecule has 1 aromatic carbocycles. The topological polar surface area (TPSA) is 44.0 Å². The van der Waals surface area contributed by atoms with Crippen molar-refractivity contribution in [2.45, 2.75) is 57.5 Å². The SMILES string of the molecule is CC(O)(Cc1ccccc1)C1(C#N)CCCCCC1. The Kier molecular flexibility index (Phi) is 4.27. The summed E-state index contributed by atoms with van der Waals surface area (Å²) in [6, 6.07) is 12.5.